The summed E-state index contributed by atoms with van der Waals surface area (Å²) in [7, 11) is 3.43. The molecule has 1 aliphatic heterocycles. The lowest BCUT2D eigenvalue weighted by molar-refractivity contribution is 0.0370. The molecule has 29 heavy (non-hydrogen) atoms. The van der Waals surface area contributed by atoms with E-state index in [1.54, 1.807) is 18.2 Å². The molecule has 0 fully saturated rings. The first kappa shape index (κ1) is 21.0. The molecule has 0 unspecified atom stereocenters. The number of para-hydroxylation sites is 2. The number of Topliss-reactive ketones (excluding diaryl/α,β-unsaturated/α-hetero) is 1. The summed E-state index contributed by atoms with van der Waals surface area (Å²) in [6.07, 6.45) is -0.809. The summed E-state index contributed by atoms with van der Waals surface area (Å²) in [5, 5.41) is 10.3. The molecule has 0 aromatic heterocycles. The van der Waals surface area contributed by atoms with Crippen LogP contribution in [0.2, 0.25) is 0 Å². The highest BCUT2D eigenvalue weighted by Crippen LogP contribution is 2.31. The van der Waals surface area contributed by atoms with Crippen LogP contribution < -0.4 is 18.9 Å². The number of carbonyl (C=O) groups is 1. The minimum atomic E-state index is -0.700. The fourth-order valence-electron chi connectivity index (χ4n) is 3.18. The molecule has 7 nitrogen and oxygen atoms in total. The van der Waals surface area contributed by atoms with Gasteiger partial charge in [-0.05, 0) is 44.3 Å². The molecule has 1 heterocycles. The number of hydrogen-bond donors (Lipinski definition) is 1. The molecule has 0 radical (unpaired) electrons. The van der Waals surface area contributed by atoms with Crippen molar-refractivity contribution in [3.05, 3.63) is 48.0 Å². The summed E-state index contributed by atoms with van der Waals surface area (Å²) in [5.41, 5.74) is 0.547. The van der Waals surface area contributed by atoms with Crippen molar-refractivity contribution in [2.45, 2.75) is 19.1 Å². The van der Waals surface area contributed by atoms with E-state index in [2.05, 4.69) is 0 Å². The van der Waals surface area contributed by atoms with E-state index in [9.17, 15) is 9.90 Å². The molecule has 0 saturated carbocycles. The molecule has 7 heteroatoms. The first-order valence-electron chi connectivity index (χ1n) is 9.53. The summed E-state index contributed by atoms with van der Waals surface area (Å²) in [6, 6.07) is 12.6. The molecule has 0 saturated heterocycles. The Bertz CT molecular complexity index is 840. The van der Waals surface area contributed by atoms with Crippen molar-refractivity contribution in [3.63, 3.8) is 0 Å². The molecule has 0 spiro atoms. The van der Waals surface area contributed by atoms with Gasteiger partial charge < -0.3 is 24.1 Å². The second-order valence-electron chi connectivity index (χ2n) is 7.11. The molecule has 1 N–H and O–H groups in total. The Morgan fingerprint density at radius 2 is 2.00 bits per heavy atom. The van der Waals surface area contributed by atoms with Gasteiger partial charge in [0.2, 0.25) is 0 Å². The number of aliphatic hydroxyl groups excluding tert-OH is 1. The van der Waals surface area contributed by atoms with E-state index in [4.69, 9.17) is 18.9 Å². The monoisotopic (exact) mass is 401 g/mol. The first-order chi connectivity index (χ1) is 14.0. The number of likely N-dealkylation sites (N-methyl/N-ethyl adjacent to an activating group) is 1. The molecule has 1 aliphatic rings. The van der Waals surface area contributed by atoms with Gasteiger partial charge >= 0.3 is 0 Å². The Morgan fingerprint density at radius 3 is 2.72 bits per heavy atom. The maximum absolute atomic E-state index is 11.5. The van der Waals surface area contributed by atoms with Crippen molar-refractivity contribution in [3.8, 4) is 23.0 Å². The topological polar surface area (TPSA) is 77.5 Å². The highest BCUT2D eigenvalue weighted by Gasteiger charge is 2.23. The fourth-order valence-corrected chi connectivity index (χ4v) is 3.18. The second-order valence-corrected chi connectivity index (χ2v) is 7.11. The van der Waals surface area contributed by atoms with Crippen molar-refractivity contribution >= 4 is 5.78 Å². The number of ether oxygens (including phenoxy) is 4. The maximum atomic E-state index is 11.5. The summed E-state index contributed by atoms with van der Waals surface area (Å²) >= 11 is 0. The van der Waals surface area contributed by atoms with Crippen molar-refractivity contribution in [1.29, 1.82) is 0 Å². The van der Waals surface area contributed by atoms with Gasteiger partial charge in [-0.15, -0.1) is 0 Å². The number of aliphatic hydroxyl groups is 1. The second kappa shape index (κ2) is 9.62. The average molecular weight is 401 g/mol. The molecule has 0 bridgehead atoms. The molecule has 3 rings (SSSR count). The minimum absolute atomic E-state index is 0.0481. The summed E-state index contributed by atoms with van der Waals surface area (Å²) in [6.45, 7) is 3.09. The van der Waals surface area contributed by atoms with Crippen LogP contribution in [0.3, 0.4) is 0 Å². The third-order valence-corrected chi connectivity index (χ3v) is 4.61. The van der Waals surface area contributed by atoms with Crippen LogP contribution in [0.5, 0.6) is 23.0 Å². The normalized spacial score (nSPS) is 16.4. The van der Waals surface area contributed by atoms with E-state index in [1.165, 1.54) is 14.0 Å². The number of fused-ring (bicyclic) bond motifs is 1. The van der Waals surface area contributed by atoms with Crippen LogP contribution in [-0.4, -0.2) is 68.5 Å². The van der Waals surface area contributed by atoms with Gasteiger partial charge in [0, 0.05) is 18.7 Å². The predicted octanol–water partition coefficient (Wildman–Crippen LogP) is 2.41. The molecule has 0 aliphatic carbocycles. The van der Waals surface area contributed by atoms with Gasteiger partial charge in [0.05, 0.1) is 7.11 Å². The van der Waals surface area contributed by atoms with E-state index in [-0.39, 0.29) is 18.5 Å². The van der Waals surface area contributed by atoms with Gasteiger partial charge in [0.1, 0.15) is 25.4 Å². The molecule has 0 amide bonds. The number of nitrogens with zero attached hydrogens (tertiary/aromatic N) is 1. The highest BCUT2D eigenvalue weighted by atomic mass is 16.6. The van der Waals surface area contributed by atoms with Crippen LogP contribution >= 0.6 is 0 Å². The SMILES string of the molecule is COc1cc(C(C)=O)ccc1OC[C@@H](O)CN(C)C[C@@H]1COc2ccccc2O1. The Hall–Kier alpha value is -2.77. The summed E-state index contributed by atoms with van der Waals surface area (Å²) in [5.74, 6) is 2.39. The number of ketones is 1. The number of carbonyl (C=O) groups excluding carboxylic acids is 1. The van der Waals surface area contributed by atoms with Crippen LogP contribution in [0, 0.1) is 0 Å². The van der Waals surface area contributed by atoms with Gasteiger partial charge in [-0.25, -0.2) is 0 Å². The van der Waals surface area contributed by atoms with Crippen molar-refractivity contribution in [2.24, 2.45) is 0 Å². The quantitative estimate of drug-likeness (QED) is 0.647. The van der Waals surface area contributed by atoms with E-state index >= 15 is 0 Å². The van der Waals surface area contributed by atoms with E-state index in [1.807, 2.05) is 36.2 Å². The van der Waals surface area contributed by atoms with E-state index < -0.39 is 6.10 Å². The molecular formula is C22H27NO6. The highest BCUT2D eigenvalue weighted by molar-refractivity contribution is 5.94. The predicted molar refractivity (Wildman–Crippen MR) is 108 cm³/mol. The summed E-state index contributed by atoms with van der Waals surface area (Å²) < 4.78 is 22.6. The Kier molecular flexibility index (Phi) is 6.95. The van der Waals surface area contributed by atoms with Gasteiger partial charge in [0.15, 0.2) is 28.8 Å². The van der Waals surface area contributed by atoms with Gasteiger partial charge in [-0.2, -0.15) is 0 Å². The Morgan fingerprint density at radius 1 is 1.24 bits per heavy atom. The molecule has 2 aromatic rings. The van der Waals surface area contributed by atoms with E-state index in [0.29, 0.717) is 36.8 Å². The standard InChI is InChI=1S/C22H27NO6/c1-15(24)16-8-9-20(22(10-16)26-3)27-13-17(25)11-23(2)12-18-14-28-19-6-4-5-7-21(19)29-18/h4-10,17-18,25H,11-14H2,1-3H3/t17-,18+/m0/s1. The lowest BCUT2D eigenvalue weighted by Crippen LogP contribution is -2.42. The van der Waals surface area contributed by atoms with Crippen LogP contribution in [0.4, 0.5) is 0 Å². The van der Waals surface area contributed by atoms with E-state index in [0.717, 1.165) is 11.5 Å². The molecule has 156 valence electrons. The number of benzene rings is 2. The largest absolute Gasteiger partial charge is 0.493 e. The van der Waals surface area contributed by atoms with Crippen LogP contribution in [0.1, 0.15) is 17.3 Å². The lowest BCUT2D eigenvalue weighted by Gasteiger charge is -2.30. The third kappa shape index (κ3) is 5.62. The minimum Gasteiger partial charge on any atom is -0.493 e. The molecular weight excluding hydrogens is 374 g/mol. The summed E-state index contributed by atoms with van der Waals surface area (Å²) in [4.78, 5) is 13.5. The van der Waals surface area contributed by atoms with Crippen LogP contribution in [0.15, 0.2) is 42.5 Å². The van der Waals surface area contributed by atoms with Crippen LogP contribution in [-0.2, 0) is 0 Å². The Labute approximate surface area is 170 Å². The molecule has 2 atom stereocenters. The number of methoxy groups -OCH3 is 1. The average Bonchev–Trinajstić information content (AvgIpc) is 2.71. The van der Waals surface area contributed by atoms with Crippen molar-refractivity contribution < 1.29 is 28.8 Å². The van der Waals surface area contributed by atoms with Gasteiger partial charge in [-0.3, -0.25) is 9.69 Å². The number of rotatable bonds is 9. The first-order valence-corrected chi connectivity index (χ1v) is 9.53. The third-order valence-electron chi connectivity index (χ3n) is 4.61. The smallest absolute Gasteiger partial charge is 0.161 e. The molecule has 2 aromatic carbocycles. The zero-order valence-corrected chi connectivity index (χ0v) is 17.0. The van der Waals surface area contributed by atoms with Gasteiger partial charge in [-0.1, -0.05) is 12.1 Å². The maximum Gasteiger partial charge on any atom is 0.161 e. The zero-order chi connectivity index (χ0) is 20.8. The lowest BCUT2D eigenvalue weighted by atomic mass is 10.1. The Balaban J connectivity index is 1.47. The van der Waals surface area contributed by atoms with Crippen molar-refractivity contribution in [1.82, 2.24) is 4.90 Å². The van der Waals surface area contributed by atoms with Crippen LogP contribution in [0.25, 0.3) is 0 Å². The fraction of sp³-hybridized carbons (Fsp3) is 0.409. The number of hydrogen-bond acceptors (Lipinski definition) is 7. The van der Waals surface area contributed by atoms with Gasteiger partial charge in [0.25, 0.3) is 0 Å². The van der Waals surface area contributed by atoms with Crippen molar-refractivity contribution in [2.75, 3.05) is 40.5 Å². The zero-order valence-electron chi connectivity index (χ0n) is 17.0.